The Hall–Kier alpha value is -2.61. The highest BCUT2D eigenvalue weighted by Gasteiger charge is 1.99. The van der Waals surface area contributed by atoms with Crippen molar-refractivity contribution in [2.75, 3.05) is 0 Å². The Morgan fingerprint density at radius 1 is 1.05 bits per heavy atom. The molecule has 2 aromatic carbocycles. The average Bonchev–Trinajstić information content (AvgIpc) is 2.53. The van der Waals surface area contributed by atoms with E-state index in [1.165, 1.54) is 0 Å². The molecule has 0 N–H and O–H groups in total. The molecule has 20 heavy (non-hydrogen) atoms. The summed E-state index contributed by atoms with van der Waals surface area (Å²) in [5.41, 5.74) is 3.22. The number of benzene rings is 2. The Morgan fingerprint density at radius 3 is 2.90 bits per heavy atom. The van der Waals surface area contributed by atoms with Gasteiger partial charge in [0.1, 0.15) is 12.4 Å². The van der Waals surface area contributed by atoms with Gasteiger partial charge in [-0.3, -0.25) is 4.98 Å². The number of nitrogens with zero attached hydrogens (tertiary/aromatic N) is 1. The molecule has 3 aromatic rings. The lowest BCUT2D eigenvalue weighted by atomic mass is 10.1. The van der Waals surface area contributed by atoms with E-state index in [4.69, 9.17) is 4.74 Å². The Kier molecular flexibility index (Phi) is 3.46. The Bertz CT molecular complexity index is 749. The minimum absolute atomic E-state index is 0.549. The molecule has 0 saturated heterocycles. The van der Waals surface area contributed by atoms with E-state index in [-0.39, 0.29) is 0 Å². The van der Waals surface area contributed by atoms with Crippen LogP contribution in [-0.2, 0) is 6.61 Å². The SMILES string of the molecule is C=Cc1cccc(COc2ccc3ncccc3c2)c1. The minimum atomic E-state index is 0.549. The van der Waals surface area contributed by atoms with Crippen molar-refractivity contribution in [3.05, 3.63) is 78.5 Å². The van der Waals surface area contributed by atoms with E-state index in [9.17, 15) is 0 Å². The second-order valence-corrected chi connectivity index (χ2v) is 4.60. The van der Waals surface area contributed by atoms with Crippen molar-refractivity contribution in [2.45, 2.75) is 6.61 Å². The quantitative estimate of drug-likeness (QED) is 0.692. The first-order valence-corrected chi connectivity index (χ1v) is 6.54. The van der Waals surface area contributed by atoms with E-state index < -0.39 is 0 Å². The van der Waals surface area contributed by atoms with Crippen LogP contribution in [-0.4, -0.2) is 4.98 Å². The fourth-order valence-electron chi connectivity index (χ4n) is 2.12. The van der Waals surface area contributed by atoms with Crippen LogP contribution in [0.1, 0.15) is 11.1 Å². The molecule has 0 amide bonds. The highest BCUT2D eigenvalue weighted by molar-refractivity contribution is 5.79. The van der Waals surface area contributed by atoms with Crippen molar-refractivity contribution in [1.29, 1.82) is 0 Å². The van der Waals surface area contributed by atoms with E-state index >= 15 is 0 Å². The van der Waals surface area contributed by atoms with Gasteiger partial charge in [-0.05, 0) is 41.5 Å². The van der Waals surface area contributed by atoms with Crippen molar-refractivity contribution >= 4 is 17.0 Å². The molecule has 0 unspecified atom stereocenters. The smallest absolute Gasteiger partial charge is 0.120 e. The molecule has 0 bridgehead atoms. The largest absolute Gasteiger partial charge is 0.489 e. The van der Waals surface area contributed by atoms with Crippen LogP contribution in [0, 0.1) is 0 Å². The second-order valence-electron chi connectivity index (χ2n) is 4.60. The molecule has 0 radical (unpaired) electrons. The molecular weight excluding hydrogens is 246 g/mol. The van der Waals surface area contributed by atoms with Gasteiger partial charge in [0.05, 0.1) is 5.52 Å². The van der Waals surface area contributed by atoms with Gasteiger partial charge < -0.3 is 4.74 Å². The minimum Gasteiger partial charge on any atom is -0.489 e. The number of ether oxygens (including phenoxy) is 1. The molecule has 0 aliphatic carbocycles. The summed E-state index contributed by atoms with van der Waals surface area (Å²) in [6.07, 6.45) is 3.63. The van der Waals surface area contributed by atoms with E-state index in [0.717, 1.165) is 27.8 Å². The Labute approximate surface area is 118 Å². The topological polar surface area (TPSA) is 22.1 Å². The van der Waals surface area contributed by atoms with Crippen molar-refractivity contribution in [2.24, 2.45) is 0 Å². The summed E-state index contributed by atoms with van der Waals surface area (Å²) < 4.78 is 5.84. The first kappa shape index (κ1) is 12.4. The molecule has 0 spiro atoms. The predicted octanol–water partition coefficient (Wildman–Crippen LogP) is 4.46. The van der Waals surface area contributed by atoms with Gasteiger partial charge in [0, 0.05) is 11.6 Å². The van der Waals surface area contributed by atoms with Crippen LogP contribution < -0.4 is 4.74 Å². The summed E-state index contributed by atoms with van der Waals surface area (Å²) in [7, 11) is 0. The predicted molar refractivity (Wildman–Crippen MR) is 82.6 cm³/mol. The third-order valence-electron chi connectivity index (χ3n) is 3.17. The van der Waals surface area contributed by atoms with Crippen LogP contribution in [0.3, 0.4) is 0 Å². The van der Waals surface area contributed by atoms with Gasteiger partial charge in [-0.1, -0.05) is 36.9 Å². The summed E-state index contributed by atoms with van der Waals surface area (Å²) in [5.74, 6) is 0.856. The monoisotopic (exact) mass is 261 g/mol. The van der Waals surface area contributed by atoms with Crippen molar-refractivity contribution < 1.29 is 4.74 Å². The maximum atomic E-state index is 5.84. The van der Waals surface area contributed by atoms with E-state index in [1.54, 1.807) is 6.20 Å². The standard InChI is InChI=1S/C18H15NO/c1-2-14-5-3-6-15(11-14)13-20-17-8-9-18-16(12-17)7-4-10-19-18/h2-12H,1,13H2. The van der Waals surface area contributed by atoms with Crippen molar-refractivity contribution in [3.63, 3.8) is 0 Å². The fraction of sp³-hybridized carbons (Fsp3) is 0.0556. The third-order valence-corrected chi connectivity index (χ3v) is 3.17. The van der Waals surface area contributed by atoms with Crippen LogP contribution in [0.25, 0.3) is 17.0 Å². The molecule has 3 rings (SSSR count). The molecule has 2 heteroatoms. The third kappa shape index (κ3) is 2.69. The number of aromatic nitrogens is 1. The van der Waals surface area contributed by atoms with Crippen molar-refractivity contribution in [3.8, 4) is 5.75 Å². The zero-order chi connectivity index (χ0) is 13.8. The van der Waals surface area contributed by atoms with Crippen LogP contribution in [0.5, 0.6) is 5.75 Å². The van der Waals surface area contributed by atoms with E-state index in [2.05, 4.69) is 23.7 Å². The number of rotatable bonds is 4. The first-order chi connectivity index (χ1) is 9.85. The number of pyridine rings is 1. The van der Waals surface area contributed by atoms with Crippen LogP contribution >= 0.6 is 0 Å². The molecule has 1 heterocycles. The molecule has 0 aliphatic rings. The zero-order valence-electron chi connectivity index (χ0n) is 11.1. The molecule has 0 atom stereocenters. The number of hydrogen-bond donors (Lipinski definition) is 0. The Morgan fingerprint density at radius 2 is 2.00 bits per heavy atom. The summed E-state index contributed by atoms with van der Waals surface area (Å²) in [4.78, 5) is 4.30. The van der Waals surface area contributed by atoms with E-state index in [1.807, 2.05) is 48.5 Å². The molecular formula is C18H15NO. The van der Waals surface area contributed by atoms with Gasteiger partial charge in [-0.2, -0.15) is 0 Å². The normalized spacial score (nSPS) is 10.4. The highest BCUT2D eigenvalue weighted by Crippen LogP contribution is 2.20. The molecule has 98 valence electrons. The highest BCUT2D eigenvalue weighted by atomic mass is 16.5. The average molecular weight is 261 g/mol. The number of fused-ring (bicyclic) bond motifs is 1. The molecule has 0 saturated carbocycles. The van der Waals surface area contributed by atoms with Gasteiger partial charge in [0.15, 0.2) is 0 Å². The maximum Gasteiger partial charge on any atom is 0.120 e. The van der Waals surface area contributed by atoms with Gasteiger partial charge >= 0.3 is 0 Å². The Balaban J connectivity index is 1.77. The summed E-state index contributed by atoms with van der Waals surface area (Å²) in [6.45, 7) is 4.33. The van der Waals surface area contributed by atoms with Crippen LogP contribution in [0.15, 0.2) is 67.4 Å². The van der Waals surface area contributed by atoms with Gasteiger partial charge in [-0.25, -0.2) is 0 Å². The molecule has 0 fully saturated rings. The van der Waals surface area contributed by atoms with Gasteiger partial charge in [0.25, 0.3) is 0 Å². The van der Waals surface area contributed by atoms with Gasteiger partial charge in [-0.15, -0.1) is 0 Å². The lowest BCUT2D eigenvalue weighted by molar-refractivity contribution is 0.306. The molecule has 0 aliphatic heterocycles. The van der Waals surface area contributed by atoms with Gasteiger partial charge in [0.2, 0.25) is 0 Å². The summed E-state index contributed by atoms with van der Waals surface area (Å²) >= 11 is 0. The lowest BCUT2D eigenvalue weighted by Crippen LogP contribution is -1.95. The van der Waals surface area contributed by atoms with Crippen LogP contribution in [0.2, 0.25) is 0 Å². The molecule has 2 nitrogen and oxygen atoms in total. The number of hydrogen-bond acceptors (Lipinski definition) is 2. The van der Waals surface area contributed by atoms with Crippen molar-refractivity contribution in [1.82, 2.24) is 4.98 Å². The van der Waals surface area contributed by atoms with E-state index in [0.29, 0.717) is 6.61 Å². The van der Waals surface area contributed by atoms with Crippen LogP contribution in [0.4, 0.5) is 0 Å². The fourth-order valence-corrected chi connectivity index (χ4v) is 2.12. The summed E-state index contributed by atoms with van der Waals surface area (Å²) in [6, 6.07) is 18.1. The lowest BCUT2D eigenvalue weighted by Gasteiger charge is -2.08. The maximum absolute atomic E-state index is 5.84. The first-order valence-electron chi connectivity index (χ1n) is 6.54. The second kappa shape index (κ2) is 5.57. The zero-order valence-corrected chi connectivity index (χ0v) is 11.1. The summed E-state index contributed by atoms with van der Waals surface area (Å²) in [5, 5.41) is 1.09. The molecule has 1 aromatic heterocycles.